The summed E-state index contributed by atoms with van der Waals surface area (Å²) in [5.74, 6) is -1.84. The van der Waals surface area contributed by atoms with Gasteiger partial charge in [-0.3, -0.25) is 23.9 Å². The van der Waals surface area contributed by atoms with E-state index in [9.17, 15) is 27.6 Å². The minimum absolute atomic E-state index is 0.0386. The van der Waals surface area contributed by atoms with Crippen LogP contribution in [-0.4, -0.2) is 79.5 Å². The first-order chi connectivity index (χ1) is 25.7. The number of ketones is 1. The van der Waals surface area contributed by atoms with Crippen LogP contribution < -0.4 is 14.2 Å². The average Bonchev–Trinajstić information content (AvgIpc) is 4.01. The molecule has 2 amide bonds. The van der Waals surface area contributed by atoms with Gasteiger partial charge < -0.3 is 19.1 Å². The van der Waals surface area contributed by atoms with Crippen LogP contribution in [0.25, 0.3) is 10.8 Å². The Bertz CT molecular complexity index is 1940. The van der Waals surface area contributed by atoms with Crippen LogP contribution in [0.5, 0.6) is 11.6 Å². The second-order valence-corrected chi connectivity index (χ2v) is 19.0. The number of ether oxygens (including phenoxy) is 3. The number of rotatable bonds is 9. The lowest BCUT2D eigenvalue weighted by atomic mass is 9.85. The number of benzene rings is 1. The van der Waals surface area contributed by atoms with Crippen LogP contribution in [0.1, 0.15) is 96.5 Å². The molecule has 4 bridgehead atoms. The number of nitrogens with zero attached hydrogens (tertiary/aromatic N) is 2. The van der Waals surface area contributed by atoms with E-state index >= 15 is 0 Å². The maximum absolute atomic E-state index is 14.8. The van der Waals surface area contributed by atoms with Crippen molar-refractivity contribution in [2.45, 2.75) is 115 Å². The van der Waals surface area contributed by atoms with Crippen LogP contribution in [0, 0.1) is 28.6 Å². The van der Waals surface area contributed by atoms with Gasteiger partial charge >= 0.3 is 5.97 Å². The van der Waals surface area contributed by atoms with Gasteiger partial charge in [-0.25, -0.2) is 13.4 Å². The molecule has 3 saturated carbocycles. The van der Waals surface area contributed by atoms with Gasteiger partial charge in [-0.05, 0) is 92.4 Å². The highest BCUT2D eigenvalue weighted by Crippen LogP contribution is 2.57. The number of amides is 2. The third kappa shape index (κ3) is 7.88. The summed E-state index contributed by atoms with van der Waals surface area (Å²) in [5, 5.41) is 0.987. The summed E-state index contributed by atoms with van der Waals surface area (Å²) in [5.41, 5.74) is -0.529. The lowest BCUT2D eigenvalue weighted by molar-refractivity contribution is -0.153. The van der Waals surface area contributed by atoms with Gasteiger partial charge in [0.25, 0.3) is 0 Å². The molecule has 5 atom stereocenters. The molecule has 0 spiro atoms. The summed E-state index contributed by atoms with van der Waals surface area (Å²) in [6.45, 7) is 8.28. The van der Waals surface area contributed by atoms with E-state index in [1.807, 2.05) is 18.2 Å². The van der Waals surface area contributed by atoms with Gasteiger partial charge in [0, 0.05) is 29.8 Å². The molecule has 1 aromatic heterocycles. The number of carbonyl (C=O) groups is 4. The van der Waals surface area contributed by atoms with Crippen LogP contribution in [0.2, 0.25) is 0 Å². The molecular weight excluding hydrogens is 711 g/mol. The molecule has 2 aromatic rings. The zero-order valence-electron chi connectivity index (χ0n) is 31.6. The van der Waals surface area contributed by atoms with Crippen molar-refractivity contribution < 1.29 is 41.8 Å². The number of aromatic nitrogens is 1. The molecule has 4 fully saturated rings. The minimum atomic E-state index is -3.84. The third-order valence-corrected chi connectivity index (χ3v) is 14.3. The Morgan fingerprint density at radius 3 is 2.56 bits per heavy atom. The van der Waals surface area contributed by atoms with Gasteiger partial charge in [0.05, 0.1) is 49.3 Å². The number of Topliss-reactive ketones (excluding diaryl/α,β-unsaturated/α-hetero) is 1. The molecule has 3 aliphatic carbocycles. The number of nitrogens with one attached hydrogen (secondary N) is 1. The van der Waals surface area contributed by atoms with Gasteiger partial charge in [0.15, 0.2) is 5.78 Å². The lowest BCUT2D eigenvalue weighted by Crippen LogP contribution is -2.47. The van der Waals surface area contributed by atoms with Gasteiger partial charge in [0.1, 0.15) is 11.9 Å². The summed E-state index contributed by atoms with van der Waals surface area (Å²) in [6, 6.07) is 4.98. The fourth-order valence-electron chi connectivity index (χ4n) is 8.97. The molecule has 292 valence electrons. The second-order valence-electron chi connectivity index (χ2n) is 17.0. The molecule has 1 saturated heterocycles. The van der Waals surface area contributed by atoms with Crippen LogP contribution in [0.15, 0.2) is 37.1 Å². The quantitative estimate of drug-likeness (QED) is 0.257. The number of esters is 1. The average molecular weight is 764 g/mol. The molecule has 5 aliphatic rings. The highest BCUT2D eigenvalue weighted by molar-refractivity contribution is 7.90. The van der Waals surface area contributed by atoms with Crippen molar-refractivity contribution in [1.29, 1.82) is 0 Å². The standard InChI is InChI=1S/C41H53N3O9S/c1-5-27-21-41(27,39(48)43-54(49,50)29-12-13-29)22-34(45)33-19-28-23-44(33)38(47)31(26-10-6-7-11-26)20-36(46)52-24-40(2,3)15-8-9-25-17-32-30(35(18-25)51-4)14-16-42-37(32)53-28/h5,14,16-18,26-29,31,33H,1,6-13,15,19-24H2,2-4H3,(H,43,48)/t27-,28-,31-,33-,41+/m0/s1. The Hall–Kier alpha value is -4.00. The number of sulfonamides is 1. The van der Waals surface area contributed by atoms with E-state index in [2.05, 4.69) is 30.1 Å². The van der Waals surface area contributed by atoms with E-state index in [0.717, 1.165) is 61.3 Å². The Morgan fingerprint density at radius 2 is 1.87 bits per heavy atom. The molecule has 0 unspecified atom stereocenters. The van der Waals surface area contributed by atoms with Gasteiger partial charge in [0.2, 0.25) is 27.7 Å². The van der Waals surface area contributed by atoms with Crippen LogP contribution in [-0.2, 0) is 40.4 Å². The smallest absolute Gasteiger partial charge is 0.306 e. The Morgan fingerprint density at radius 1 is 1.11 bits per heavy atom. The summed E-state index contributed by atoms with van der Waals surface area (Å²) in [6.07, 6.45) is 9.60. The fourth-order valence-corrected chi connectivity index (χ4v) is 10.4. The highest BCUT2D eigenvalue weighted by Gasteiger charge is 2.61. The first-order valence-corrected chi connectivity index (χ1v) is 21.1. The molecule has 0 radical (unpaired) electrons. The monoisotopic (exact) mass is 763 g/mol. The number of pyridine rings is 1. The van der Waals surface area contributed by atoms with Crippen LogP contribution in [0.3, 0.4) is 0 Å². The second kappa shape index (κ2) is 14.9. The van der Waals surface area contributed by atoms with Gasteiger partial charge in [-0.15, -0.1) is 6.58 Å². The van der Waals surface area contributed by atoms with Crippen molar-refractivity contribution in [3.63, 3.8) is 0 Å². The third-order valence-electron chi connectivity index (χ3n) is 12.5. The summed E-state index contributed by atoms with van der Waals surface area (Å²) in [7, 11) is -2.22. The number of methoxy groups -OCH3 is 1. The van der Waals surface area contributed by atoms with Crippen LogP contribution in [0.4, 0.5) is 0 Å². The van der Waals surface area contributed by atoms with E-state index in [0.29, 0.717) is 24.5 Å². The normalized spacial score (nSPS) is 29.2. The molecule has 2 aliphatic heterocycles. The van der Waals surface area contributed by atoms with Crippen LogP contribution >= 0.6 is 0 Å². The molecule has 3 heterocycles. The maximum atomic E-state index is 14.8. The largest absolute Gasteiger partial charge is 0.496 e. The Balaban J connectivity index is 1.23. The van der Waals surface area contributed by atoms with Crippen molar-refractivity contribution in [2.24, 2.45) is 28.6 Å². The summed E-state index contributed by atoms with van der Waals surface area (Å²) in [4.78, 5) is 62.6. The SMILES string of the molecule is C=C[C@H]1C[C@]1(CC(=O)[C@@H]1C[C@H]2CN1C(=O)[C@H](C1CCCC1)CC(=O)OCC(C)(C)CCCc1cc(OC)c3ccnc(c3c1)O2)C(=O)NS(=O)(=O)C1CC1. The van der Waals surface area contributed by atoms with Crippen molar-refractivity contribution in [3.8, 4) is 11.6 Å². The first-order valence-electron chi connectivity index (χ1n) is 19.5. The van der Waals surface area contributed by atoms with Gasteiger partial charge in [-0.1, -0.05) is 32.8 Å². The maximum Gasteiger partial charge on any atom is 0.306 e. The zero-order valence-corrected chi connectivity index (χ0v) is 32.5. The zero-order chi connectivity index (χ0) is 38.4. The molecule has 12 nitrogen and oxygen atoms in total. The number of fused-ring (bicyclic) bond motifs is 3. The van der Waals surface area contributed by atoms with Crippen molar-refractivity contribution in [2.75, 3.05) is 20.3 Å². The number of aryl methyl sites for hydroxylation is 1. The number of allylic oxidation sites excluding steroid dienone is 1. The topological polar surface area (TPSA) is 158 Å². The molecule has 1 aromatic carbocycles. The highest BCUT2D eigenvalue weighted by atomic mass is 32.2. The lowest BCUT2D eigenvalue weighted by Gasteiger charge is -2.31. The Kier molecular flexibility index (Phi) is 10.6. The van der Waals surface area contributed by atoms with E-state index in [1.165, 1.54) is 0 Å². The fraction of sp³-hybridized carbons (Fsp3) is 0.634. The molecule has 7 rings (SSSR count). The first kappa shape index (κ1) is 38.3. The number of hydrogen-bond donors (Lipinski definition) is 1. The number of carbonyl (C=O) groups excluding carboxylic acids is 4. The summed E-state index contributed by atoms with van der Waals surface area (Å²) < 4.78 is 46.1. The molecular formula is C41H53N3O9S. The minimum Gasteiger partial charge on any atom is -0.496 e. The predicted molar refractivity (Wildman–Crippen MR) is 201 cm³/mol. The van der Waals surface area contributed by atoms with E-state index in [-0.39, 0.29) is 67.8 Å². The molecule has 1 N–H and O–H groups in total. The summed E-state index contributed by atoms with van der Waals surface area (Å²) >= 11 is 0. The van der Waals surface area contributed by atoms with Crippen molar-refractivity contribution in [3.05, 3.63) is 42.6 Å². The van der Waals surface area contributed by atoms with Gasteiger partial charge in [-0.2, -0.15) is 0 Å². The van der Waals surface area contributed by atoms with E-state index in [4.69, 9.17) is 14.2 Å². The molecule has 13 heteroatoms. The molecule has 54 heavy (non-hydrogen) atoms. The predicted octanol–water partition coefficient (Wildman–Crippen LogP) is 5.45. The number of cyclic esters (lactones) is 1. The Labute approximate surface area is 317 Å². The van der Waals surface area contributed by atoms with E-state index in [1.54, 1.807) is 24.3 Å². The van der Waals surface area contributed by atoms with Crippen molar-refractivity contribution >= 4 is 44.4 Å². The number of hydrogen-bond acceptors (Lipinski definition) is 10. The van der Waals surface area contributed by atoms with E-state index < -0.39 is 50.6 Å². The van der Waals surface area contributed by atoms with Crippen molar-refractivity contribution in [1.82, 2.24) is 14.6 Å².